The predicted molar refractivity (Wildman–Crippen MR) is 72.7 cm³/mol. The van der Waals surface area contributed by atoms with Gasteiger partial charge in [0, 0.05) is 24.8 Å². The second-order valence-electron chi connectivity index (χ2n) is 4.96. The van der Waals surface area contributed by atoms with Crippen LogP contribution in [0.5, 0.6) is 0 Å². The van der Waals surface area contributed by atoms with Gasteiger partial charge in [0.1, 0.15) is 5.84 Å². The number of amidine groups is 1. The Bertz CT molecular complexity index is 433. The van der Waals surface area contributed by atoms with E-state index < -0.39 is 0 Å². The van der Waals surface area contributed by atoms with E-state index in [1.165, 1.54) is 5.56 Å². The smallest absolute Gasteiger partial charge is 0.122 e. The first kappa shape index (κ1) is 13.1. The van der Waals surface area contributed by atoms with Crippen LogP contribution < -0.4 is 5.73 Å². The minimum Gasteiger partial charge on any atom is -0.384 e. The molecule has 3 N–H and O–H groups in total. The Morgan fingerprint density at radius 3 is 2.94 bits per heavy atom. The normalized spacial score (nSPS) is 23.5. The van der Waals surface area contributed by atoms with Gasteiger partial charge >= 0.3 is 0 Å². The van der Waals surface area contributed by atoms with E-state index in [0.29, 0.717) is 12.1 Å². The van der Waals surface area contributed by atoms with Gasteiger partial charge in [0.25, 0.3) is 0 Å². The van der Waals surface area contributed by atoms with Gasteiger partial charge in [-0.2, -0.15) is 0 Å². The number of hydrogen-bond acceptors (Lipinski definition) is 3. The fraction of sp³-hybridized carbons (Fsp3) is 0.500. The monoisotopic (exact) mass is 247 g/mol. The van der Waals surface area contributed by atoms with E-state index in [9.17, 15) is 0 Å². The van der Waals surface area contributed by atoms with Crippen LogP contribution in [-0.2, 0) is 11.3 Å². The molecule has 0 bridgehead atoms. The van der Waals surface area contributed by atoms with E-state index in [4.69, 9.17) is 15.9 Å². The summed E-state index contributed by atoms with van der Waals surface area (Å²) in [5, 5.41) is 7.46. The van der Waals surface area contributed by atoms with Crippen LogP contribution in [0.25, 0.3) is 0 Å². The second-order valence-corrected chi connectivity index (χ2v) is 4.96. The molecule has 4 heteroatoms. The molecule has 0 aromatic heterocycles. The van der Waals surface area contributed by atoms with E-state index in [-0.39, 0.29) is 5.84 Å². The third-order valence-electron chi connectivity index (χ3n) is 3.57. The third kappa shape index (κ3) is 2.89. The molecule has 4 nitrogen and oxygen atoms in total. The standard InChI is InChI=1S/C14H21N3O/c1-10-13(6-7-18-10)17(2)9-11-4-3-5-12(8-11)14(15)16/h3-5,8,10,13H,6-7,9H2,1-2H3,(H3,15,16). The first-order chi connectivity index (χ1) is 8.58. The number of ether oxygens (including phenoxy) is 1. The van der Waals surface area contributed by atoms with Crippen LogP contribution in [0.4, 0.5) is 0 Å². The molecule has 1 fully saturated rings. The van der Waals surface area contributed by atoms with Crippen molar-refractivity contribution in [3.63, 3.8) is 0 Å². The summed E-state index contributed by atoms with van der Waals surface area (Å²) in [6.07, 6.45) is 1.38. The summed E-state index contributed by atoms with van der Waals surface area (Å²) >= 11 is 0. The van der Waals surface area contributed by atoms with Crippen LogP contribution in [-0.4, -0.2) is 36.5 Å². The van der Waals surface area contributed by atoms with Gasteiger partial charge in [0.15, 0.2) is 0 Å². The number of hydrogen-bond donors (Lipinski definition) is 2. The van der Waals surface area contributed by atoms with Gasteiger partial charge in [-0.1, -0.05) is 18.2 Å². The Morgan fingerprint density at radius 2 is 2.33 bits per heavy atom. The molecule has 1 saturated heterocycles. The van der Waals surface area contributed by atoms with E-state index in [1.54, 1.807) is 0 Å². The maximum absolute atomic E-state index is 7.46. The van der Waals surface area contributed by atoms with E-state index in [2.05, 4.69) is 24.9 Å². The Balaban J connectivity index is 2.04. The van der Waals surface area contributed by atoms with Gasteiger partial charge in [-0.3, -0.25) is 10.3 Å². The van der Waals surface area contributed by atoms with Crippen LogP contribution in [0, 0.1) is 5.41 Å². The highest BCUT2D eigenvalue weighted by atomic mass is 16.5. The minimum atomic E-state index is 0.122. The van der Waals surface area contributed by atoms with Gasteiger partial charge in [-0.05, 0) is 32.0 Å². The average molecular weight is 247 g/mol. The van der Waals surface area contributed by atoms with Crippen LogP contribution in [0.3, 0.4) is 0 Å². The summed E-state index contributed by atoms with van der Waals surface area (Å²) < 4.78 is 5.59. The second kappa shape index (κ2) is 5.50. The minimum absolute atomic E-state index is 0.122. The van der Waals surface area contributed by atoms with Crippen molar-refractivity contribution in [1.29, 1.82) is 5.41 Å². The highest BCUT2D eigenvalue weighted by molar-refractivity contribution is 5.95. The molecule has 0 spiro atoms. The van der Waals surface area contributed by atoms with E-state index in [0.717, 1.165) is 25.1 Å². The molecule has 18 heavy (non-hydrogen) atoms. The molecule has 1 heterocycles. The number of likely N-dealkylation sites (N-methyl/N-ethyl adjacent to an activating group) is 1. The fourth-order valence-corrected chi connectivity index (χ4v) is 2.54. The van der Waals surface area contributed by atoms with Crippen molar-refractivity contribution >= 4 is 5.84 Å². The van der Waals surface area contributed by atoms with E-state index in [1.807, 2.05) is 18.2 Å². The van der Waals surface area contributed by atoms with Crippen molar-refractivity contribution in [2.75, 3.05) is 13.7 Å². The van der Waals surface area contributed by atoms with Crippen molar-refractivity contribution in [3.05, 3.63) is 35.4 Å². The molecule has 1 aliphatic rings. The van der Waals surface area contributed by atoms with Gasteiger partial charge in [0.2, 0.25) is 0 Å². The summed E-state index contributed by atoms with van der Waals surface area (Å²) in [6, 6.07) is 8.36. The van der Waals surface area contributed by atoms with Crippen molar-refractivity contribution < 1.29 is 4.74 Å². The lowest BCUT2D eigenvalue weighted by Gasteiger charge is -2.26. The number of nitrogens with two attached hydrogens (primary N) is 1. The molecule has 2 unspecified atom stereocenters. The number of nitrogens with one attached hydrogen (secondary N) is 1. The molecule has 0 amide bonds. The third-order valence-corrected chi connectivity index (χ3v) is 3.57. The molecular formula is C14H21N3O. The summed E-state index contributed by atoms with van der Waals surface area (Å²) in [4.78, 5) is 2.32. The van der Waals surface area contributed by atoms with Crippen molar-refractivity contribution in [2.24, 2.45) is 5.73 Å². The maximum atomic E-state index is 7.46. The summed E-state index contributed by atoms with van der Waals surface area (Å²) in [5.74, 6) is 0.122. The number of nitrogen functional groups attached to an aromatic ring is 1. The first-order valence-corrected chi connectivity index (χ1v) is 6.33. The SMILES string of the molecule is CC1OCCC1N(C)Cc1cccc(C(=N)N)c1. The first-order valence-electron chi connectivity index (χ1n) is 6.33. The van der Waals surface area contributed by atoms with Gasteiger partial charge in [0.05, 0.1) is 6.10 Å². The molecule has 0 saturated carbocycles. The maximum Gasteiger partial charge on any atom is 0.122 e. The Hall–Kier alpha value is -1.39. The zero-order valence-corrected chi connectivity index (χ0v) is 11.0. The highest BCUT2D eigenvalue weighted by Gasteiger charge is 2.27. The predicted octanol–water partition coefficient (Wildman–Crippen LogP) is 1.58. The summed E-state index contributed by atoms with van der Waals surface area (Å²) in [7, 11) is 2.12. The summed E-state index contributed by atoms with van der Waals surface area (Å²) in [5.41, 5.74) is 7.48. The molecule has 98 valence electrons. The Labute approximate surface area is 108 Å². The molecular weight excluding hydrogens is 226 g/mol. The lowest BCUT2D eigenvalue weighted by atomic mass is 10.1. The van der Waals surface area contributed by atoms with Crippen molar-refractivity contribution in [1.82, 2.24) is 4.90 Å². The summed E-state index contributed by atoms with van der Waals surface area (Å²) in [6.45, 7) is 3.84. The Kier molecular flexibility index (Phi) is 3.99. The number of benzene rings is 1. The largest absolute Gasteiger partial charge is 0.384 e. The van der Waals surface area contributed by atoms with Gasteiger partial charge in [-0.25, -0.2) is 0 Å². The Morgan fingerprint density at radius 1 is 1.56 bits per heavy atom. The molecule has 1 aromatic carbocycles. The van der Waals surface area contributed by atoms with Crippen LogP contribution in [0.2, 0.25) is 0 Å². The fourth-order valence-electron chi connectivity index (χ4n) is 2.54. The molecule has 0 aliphatic carbocycles. The van der Waals surface area contributed by atoms with Crippen molar-refractivity contribution in [3.8, 4) is 0 Å². The zero-order chi connectivity index (χ0) is 13.1. The lowest BCUT2D eigenvalue weighted by Crippen LogP contribution is -2.36. The zero-order valence-electron chi connectivity index (χ0n) is 11.0. The lowest BCUT2D eigenvalue weighted by molar-refractivity contribution is 0.0814. The molecule has 0 radical (unpaired) electrons. The number of rotatable bonds is 4. The average Bonchev–Trinajstić information content (AvgIpc) is 2.76. The molecule has 2 atom stereocenters. The molecule has 1 aliphatic heterocycles. The number of nitrogens with zero attached hydrogens (tertiary/aromatic N) is 1. The highest BCUT2D eigenvalue weighted by Crippen LogP contribution is 2.20. The van der Waals surface area contributed by atoms with Gasteiger partial charge < -0.3 is 10.5 Å². The molecule has 2 rings (SSSR count). The van der Waals surface area contributed by atoms with Crippen molar-refractivity contribution in [2.45, 2.75) is 32.0 Å². The topological polar surface area (TPSA) is 62.3 Å². The van der Waals surface area contributed by atoms with Crippen LogP contribution in [0.1, 0.15) is 24.5 Å². The van der Waals surface area contributed by atoms with Crippen LogP contribution >= 0.6 is 0 Å². The van der Waals surface area contributed by atoms with E-state index >= 15 is 0 Å². The molecule has 1 aromatic rings. The van der Waals surface area contributed by atoms with Gasteiger partial charge in [-0.15, -0.1) is 0 Å². The quantitative estimate of drug-likeness (QED) is 0.627. The van der Waals surface area contributed by atoms with Crippen LogP contribution in [0.15, 0.2) is 24.3 Å².